The largest absolute Gasteiger partial charge is 0.443 e. The lowest BCUT2D eigenvalue weighted by Crippen LogP contribution is -2.48. The maximum Gasteiger partial charge on any atom is 0.419 e. The predicted octanol–water partition coefficient (Wildman–Crippen LogP) is 7.09. The first kappa shape index (κ1) is 29.0. The molecule has 1 N–H and O–H groups in total. The van der Waals surface area contributed by atoms with Crippen molar-refractivity contribution in [2.24, 2.45) is 0 Å². The molecule has 10 heteroatoms. The molecule has 0 saturated heterocycles. The van der Waals surface area contributed by atoms with Crippen molar-refractivity contribution < 1.29 is 36.6 Å². The van der Waals surface area contributed by atoms with Crippen molar-refractivity contribution in [2.45, 2.75) is 77.2 Å². The minimum atomic E-state index is -4.67. The number of carbonyl (C=O) groups excluding carboxylic acids is 1. The molecule has 0 unspecified atom stereocenters. The molecule has 0 saturated carbocycles. The van der Waals surface area contributed by atoms with Crippen LogP contribution in [0, 0.1) is 11.6 Å². The second-order valence-corrected chi connectivity index (χ2v) is 11.3. The molecule has 1 aliphatic rings. The van der Waals surface area contributed by atoms with Crippen LogP contribution in [0.1, 0.15) is 75.4 Å². The first-order valence-electron chi connectivity index (χ1n) is 12.9. The first-order valence-corrected chi connectivity index (χ1v) is 12.9. The molecule has 3 atom stereocenters. The highest BCUT2D eigenvalue weighted by molar-refractivity contribution is 5.94. The fourth-order valence-electron chi connectivity index (χ4n) is 5.42. The van der Waals surface area contributed by atoms with Crippen molar-refractivity contribution in [1.29, 1.82) is 0 Å². The number of halogens is 5. The smallest absolute Gasteiger partial charge is 0.419 e. The maximum absolute atomic E-state index is 15.8. The average Bonchev–Trinajstić information content (AvgIpc) is 3.12. The van der Waals surface area contributed by atoms with Gasteiger partial charge in [0.15, 0.2) is 0 Å². The van der Waals surface area contributed by atoms with Gasteiger partial charge in [0.2, 0.25) is 0 Å². The lowest BCUT2D eigenvalue weighted by molar-refractivity contribution is -0.155. The van der Waals surface area contributed by atoms with Gasteiger partial charge in [0.25, 0.3) is 0 Å². The van der Waals surface area contributed by atoms with Crippen molar-refractivity contribution in [3.05, 3.63) is 70.4 Å². The predicted molar refractivity (Wildman–Crippen MR) is 138 cm³/mol. The molecule has 2 aromatic carbocycles. The summed E-state index contributed by atoms with van der Waals surface area (Å²) in [5.41, 5.74) is -0.233. The number of carbonyl (C=O) groups is 1. The molecule has 0 radical (unpaired) electrons. The van der Waals surface area contributed by atoms with E-state index in [0.717, 1.165) is 21.6 Å². The molecule has 212 valence electrons. The van der Waals surface area contributed by atoms with E-state index in [1.54, 1.807) is 58.9 Å². The Balaban J connectivity index is 2.04. The zero-order valence-electron chi connectivity index (χ0n) is 22.6. The van der Waals surface area contributed by atoms with E-state index in [1.165, 1.54) is 0 Å². The molecule has 3 aromatic rings. The lowest BCUT2D eigenvalue weighted by Gasteiger charge is -2.42. The number of aliphatic hydroxyl groups excluding tert-OH is 1. The van der Waals surface area contributed by atoms with E-state index in [4.69, 9.17) is 4.74 Å². The van der Waals surface area contributed by atoms with Gasteiger partial charge >= 0.3 is 12.3 Å². The third-order valence-electron chi connectivity index (χ3n) is 7.12. The van der Waals surface area contributed by atoms with Crippen LogP contribution in [0.15, 0.2) is 36.4 Å². The van der Waals surface area contributed by atoms with E-state index in [2.05, 4.69) is 0 Å². The molecule has 39 heavy (non-hydrogen) atoms. The van der Waals surface area contributed by atoms with E-state index >= 15 is 8.78 Å². The number of hydrogen-bond acceptors (Lipinski definition) is 4. The van der Waals surface area contributed by atoms with Gasteiger partial charge in [-0.25, -0.2) is 18.1 Å². The van der Waals surface area contributed by atoms with Crippen LogP contribution in [-0.2, 0) is 11.2 Å². The Labute approximate surface area is 224 Å². The summed E-state index contributed by atoms with van der Waals surface area (Å²) in [6.07, 6.45) is -5.13. The quantitative estimate of drug-likeness (QED) is 0.344. The van der Waals surface area contributed by atoms with Crippen LogP contribution in [0.5, 0.6) is 0 Å². The molecule has 0 fully saturated rings. The Hall–Kier alpha value is -2.98. The number of ether oxygens (including phenoxy) is 1. The van der Waals surface area contributed by atoms with Crippen molar-refractivity contribution in [3.63, 3.8) is 0 Å². The summed E-state index contributed by atoms with van der Waals surface area (Å²) >= 11 is 0. The Bertz CT molecular complexity index is 1350. The van der Waals surface area contributed by atoms with Crippen LogP contribution in [-0.4, -0.2) is 51.6 Å². The Kier molecular flexibility index (Phi) is 7.84. The number of hydrogen-bond donors (Lipinski definition) is 1. The van der Waals surface area contributed by atoms with Crippen molar-refractivity contribution in [3.8, 4) is 0 Å². The molecular weight excluding hydrogens is 519 g/mol. The number of alkyl halides is 3. The highest BCUT2D eigenvalue weighted by atomic mass is 19.4. The topological polar surface area (TPSA) is 54.7 Å². The monoisotopic (exact) mass is 552 g/mol. The number of para-hydroxylation sites is 1. The van der Waals surface area contributed by atoms with Gasteiger partial charge in [-0.1, -0.05) is 25.1 Å². The summed E-state index contributed by atoms with van der Waals surface area (Å²) in [6.45, 7) is 6.62. The molecule has 2 heterocycles. The molecule has 0 aliphatic carbocycles. The third kappa shape index (κ3) is 5.82. The van der Waals surface area contributed by atoms with Gasteiger partial charge in [-0.3, -0.25) is 4.90 Å². The first-order chi connectivity index (χ1) is 18.1. The van der Waals surface area contributed by atoms with Gasteiger partial charge in [0, 0.05) is 23.6 Å². The molecular formula is C29H33F5N2O3. The molecule has 4 rings (SSSR count). The minimum Gasteiger partial charge on any atom is -0.443 e. The summed E-state index contributed by atoms with van der Waals surface area (Å²) in [5.74, 6) is -2.42. The molecule has 5 nitrogen and oxygen atoms in total. The molecule has 1 aliphatic heterocycles. The van der Waals surface area contributed by atoms with Crippen LogP contribution in [0.3, 0.4) is 0 Å². The van der Waals surface area contributed by atoms with Crippen molar-refractivity contribution in [1.82, 2.24) is 9.47 Å². The third-order valence-corrected chi connectivity index (χ3v) is 7.12. The molecule has 0 spiro atoms. The lowest BCUT2D eigenvalue weighted by atomic mass is 9.86. The fraction of sp³-hybridized carbons (Fsp3) is 0.483. The van der Waals surface area contributed by atoms with Gasteiger partial charge in [-0.2, -0.15) is 13.2 Å². The average molecular weight is 553 g/mol. The van der Waals surface area contributed by atoms with Gasteiger partial charge in [-0.05, 0) is 75.8 Å². The van der Waals surface area contributed by atoms with Gasteiger partial charge in [-0.15, -0.1) is 0 Å². The molecule has 0 amide bonds. The maximum atomic E-state index is 15.8. The zero-order chi connectivity index (χ0) is 28.9. The minimum absolute atomic E-state index is 0.0572. The van der Waals surface area contributed by atoms with E-state index in [9.17, 15) is 23.1 Å². The van der Waals surface area contributed by atoms with Gasteiger partial charge in [0.1, 0.15) is 17.2 Å². The Morgan fingerprint density at radius 3 is 2.31 bits per heavy atom. The molecule has 1 aromatic heterocycles. The number of fused-ring (bicyclic) bond motifs is 3. The van der Waals surface area contributed by atoms with Crippen LogP contribution >= 0.6 is 0 Å². The standard InChI is InChI=1S/C29H33F5N2O3/c1-16(10-11-37)18-13-21(30)24(22(31)14-18)26-25-20(12-17(2)35(26)15-29(32,33)34)19-8-6-7-9-23(19)36(25)27(38)39-28(3,4)5/h6-9,13-14,16-17,26,37H,10-12,15H2,1-5H3/t16-,17-,26-/m1/s1. The van der Waals surface area contributed by atoms with E-state index in [0.29, 0.717) is 16.5 Å². The van der Waals surface area contributed by atoms with Crippen molar-refractivity contribution >= 4 is 17.0 Å². The summed E-state index contributed by atoms with van der Waals surface area (Å²) in [6, 6.07) is 6.68. The zero-order valence-corrected chi connectivity index (χ0v) is 22.6. The second kappa shape index (κ2) is 10.5. The van der Waals surface area contributed by atoms with E-state index in [1.807, 2.05) is 0 Å². The van der Waals surface area contributed by atoms with Crippen LogP contribution < -0.4 is 0 Å². The van der Waals surface area contributed by atoms with Crippen molar-refractivity contribution in [2.75, 3.05) is 13.2 Å². The van der Waals surface area contributed by atoms with Gasteiger partial charge in [0.05, 0.1) is 23.8 Å². The van der Waals surface area contributed by atoms with E-state index < -0.39 is 53.7 Å². The number of benzene rings is 2. The Morgan fingerprint density at radius 2 is 1.74 bits per heavy atom. The summed E-state index contributed by atoms with van der Waals surface area (Å²) in [7, 11) is 0. The number of aromatic nitrogens is 1. The summed E-state index contributed by atoms with van der Waals surface area (Å²) < 4.78 is 80.1. The summed E-state index contributed by atoms with van der Waals surface area (Å²) in [5, 5.41) is 9.87. The number of rotatable bonds is 5. The summed E-state index contributed by atoms with van der Waals surface area (Å²) in [4.78, 5) is 14.5. The van der Waals surface area contributed by atoms with Crippen LogP contribution in [0.4, 0.5) is 26.7 Å². The molecule has 0 bridgehead atoms. The van der Waals surface area contributed by atoms with Crippen LogP contribution in [0.25, 0.3) is 10.9 Å². The van der Waals surface area contributed by atoms with Crippen LogP contribution in [0.2, 0.25) is 0 Å². The van der Waals surface area contributed by atoms with E-state index in [-0.39, 0.29) is 36.6 Å². The SMILES string of the molecule is C[C@H](CCO)c1cc(F)c([C@@H]2c3c(c4ccccc4n3C(=O)OC(C)(C)C)C[C@@H](C)N2CC(F)(F)F)c(F)c1. The number of nitrogens with zero attached hydrogens (tertiary/aromatic N) is 2. The fourth-order valence-corrected chi connectivity index (χ4v) is 5.42. The highest BCUT2D eigenvalue weighted by Crippen LogP contribution is 2.45. The second-order valence-electron chi connectivity index (χ2n) is 11.3. The normalized spacial score (nSPS) is 19.3. The highest BCUT2D eigenvalue weighted by Gasteiger charge is 2.46. The number of aliphatic hydroxyl groups is 1. The van der Waals surface area contributed by atoms with Gasteiger partial charge < -0.3 is 9.84 Å². The Morgan fingerprint density at radius 1 is 1.13 bits per heavy atom.